The van der Waals surface area contributed by atoms with E-state index >= 15 is 0 Å². The molecule has 0 N–H and O–H groups in total. The van der Waals surface area contributed by atoms with Crippen LogP contribution in [0.5, 0.6) is 0 Å². The summed E-state index contributed by atoms with van der Waals surface area (Å²) in [6, 6.07) is 5.62. The summed E-state index contributed by atoms with van der Waals surface area (Å²) in [6.07, 6.45) is 7.84. The molecular formula is C22H36N6. The molecule has 0 amide bonds. The predicted octanol–water partition coefficient (Wildman–Crippen LogP) is 3.76. The van der Waals surface area contributed by atoms with E-state index in [-0.39, 0.29) is 0 Å². The highest BCUT2D eigenvalue weighted by atomic mass is 15.5. The molecule has 154 valence electrons. The van der Waals surface area contributed by atoms with Crippen molar-refractivity contribution >= 4 is 0 Å². The number of nitrogens with zero attached hydrogens (tertiary/aromatic N) is 6. The Balaban J connectivity index is 1.67. The molecule has 6 nitrogen and oxygen atoms in total. The molecule has 4 rings (SSSR count). The van der Waals surface area contributed by atoms with Gasteiger partial charge in [-0.3, -0.25) is 14.5 Å². The quantitative estimate of drug-likeness (QED) is 0.787. The number of hydrogen-bond donors (Lipinski definition) is 0. The minimum atomic E-state index is 0.622. The molecule has 2 fully saturated rings. The van der Waals surface area contributed by atoms with Crippen LogP contribution in [0.1, 0.15) is 75.4 Å². The molecule has 2 aliphatic heterocycles. The molecule has 2 aliphatic rings. The third-order valence-corrected chi connectivity index (χ3v) is 6.77. The van der Waals surface area contributed by atoms with E-state index in [1.54, 1.807) is 0 Å². The highest BCUT2D eigenvalue weighted by Crippen LogP contribution is 2.22. The molecule has 2 atom stereocenters. The van der Waals surface area contributed by atoms with Crippen LogP contribution in [0, 0.1) is 13.8 Å². The fraction of sp³-hybridized carbons (Fsp3) is 0.727. The van der Waals surface area contributed by atoms with Crippen molar-refractivity contribution in [2.24, 2.45) is 0 Å². The number of aromatic nitrogens is 4. The van der Waals surface area contributed by atoms with Crippen molar-refractivity contribution in [3.05, 3.63) is 35.2 Å². The highest BCUT2D eigenvalue weighted by Gasteiger charge is 2.26. The van der Waals surface area contributed by atoms with Gasteiger partial charge in [0, 0.05) is 23.5 Å². The van der Waals surface area contributed by atoms with Gasteiger partial charge in [0.15, 0.2) is 11.6 Å². The molecule has 0 bridgehead atoms. The van der Waals surface area contributed by atoms with Gasteiger partial charge in [0.25, 0.3) is 0 Å². The molecule has 0 saturated carbocycles. The maximum absolute atomic E-state index is 4.70. The molecule has 2 aromatic rings. The molecular weight excluding hydrogens is 348 g/mol. The van der Waals surface area contributed by atoms with Crippen LogP contribution in [-0.4, -0.2) is 54.5 Å². The number of likely N-dealkylation sites (tertiary alicyclic amines) is 2. The number of rotatable bonds is 5. The van der Waals surface area contributed by atoms with Crippen LogP contribution in [0.3, 0.4) is 0 Å². The van der Waals surface area contributed by atoms with Crippen LogP contribution in [-0.2, 0) is 13.1 Å². The summed E-state index contributed by atoms with van der Waals surface area (Å²) in [7, 11) is 0. The first-order chi connectivity index (χ1) is 13.5. The van der Waals surface area contributed by atoms with Gasteiger partial charge < -0.3 is 0 Å². The molecule has 0 spiro atoms. The van der Waals surface area contributed by atoms with Gasteiger partial charge in [-0.05, 0) is 78.6 Å². The SMILES string of the molecule is Cc1ccc(C)n1-n1c(CN2CCCC[C@H]2C)nnc1CN1CCCC[C@@H]1C. The summed E-state index contributed by atoms with van der Waals surface area (Å²) in [5, 5.41) is 9.39. The first kappa shape index (κ1) is 19.6. The Labute approximate surface area is 169 Å². The third-order valence-electron chi connectivity index (χ3n) is 6.77. The maximum Gasteiger partial charge on any atom is 0.167 e. The lowest BCUT2D eigenvalue weighted by Gasteiger charge is -2.34. The highest BCUT2D eigenvalue weighted by molar-refractivity contribution is 5.16. The van der Waals surface area contributed by atoms with Gasteiger partial charge in [0.1, 0.15) is 0 Å². The largest absolute Gasteiger partial charge is 0.293 e. The van der Waals surface area contributed by atoms with Crippen molar-refractivity contribution < 1.29 is 0 Å². The smallest absolute Gasteiger partial charge is 0.167 e. The molecule has 2 saturated heterocycles. The van der Waals surface area contributed by atoms with Crippen molar-refractivity contribution in [3.63, 3.8) is 0 Å². The van der Waals surface area contributed by atoms with E-state index in [9.17, 15) is 0 Å². The second kappa shape index (κ2) is 8.37. The minimum absolute atomic E-state index is 0.622. The summed E-state index contributed by atoms with van der Waals surface area (Å²) >= 11 is 0. The average Bonchev–Trinajstić information content (AvgIpc) is 3.21. The molecule has 28 heavy (non-hydrogen) atoms. The lowest BCUT2D eigenvalue weighted by Crippen LogP contribution is -2.39. The van der Waals surface area contributed by atoms with E-state index in [1.165, 1.54) is 49.9 Å². The second-order valence-electron chi connectivity index (χ2n) is 8.90. The zero-order valence-corrected chi connectivity index (χ0v) is 18.1. The molecule has 0 radical (unpaired) electrons. The van der Waals surface area contributed by atoms with Crippen LogP contribution < -0.4 is 0 Å². The Morgan fingerprint density at radius 2 is 1.21 bits per heavy atom. The number of piperidine rings is 2. The monoisotopic (exact) mass is 384 g/mol. The van der Waals surface area contributed by atoms with Crippen molar-refractivity contribution in [1.82, 2.24) is 29.3 Å². The summed E-state index contributed by atoms with van der Waals surface area (Å²) in [5.74, 6) is 2.13. The normalized spacial score (nSPS) is 24.7. The fourth-order valence-electron chi connectivity index (χ4n) is 4.90. The molecule has 2 aromatic heterocycles. The van der Waals surface area contributed by atoms with Gasteiger partial charge in [0.2, 0.25) is 0 Å². The lowest BCUT2D eigenvalue weighted by atomic mass is 10.0. The summed E-state index contributed by atoms with van der Waals surface area (Å²) < 4.78 is 4.60. The number of aryl methyl sites for hydroxylation is 2. The van der Waals surface area contributed by atoms with Crippen LogP contribution in [0.4, 0.5) is 0 Å². The van der Waals surface area contributed by atoms with Gasteiger partial charge in [-0.15, -0.1) is 10.2 Å². The van der Waals surface area contributed by atoms with E-state index in [1.807, 2.05) is 0 Å². The van der Waals surface area contributed by atoms with Crippen LogP contribution in [0.2, 0.25) is 0 Å². The van der Waals surface area contributed by atoms with Crippen molar-refractivity contribution in [3.8, 4) is 0 Å². The first-order valence-electron chi connectivity index (χ1n) is 11.1. The van der Waals surface area contributed by atoms with E-state index in [2.05, 4.69) is 59.0 Å². The van der Waals surface area contributed by atoms with Gasteiger partial charge in [0.05, 0.1) is 13.1 Å². The molecule has 0 aromatic carbocycles. The van der Waals surface area contributed by atoms with Crippen molar-refractivity contribution in [2.45, 2.75) is 91.4 Å². The first-order valence-corrected chi connectivity index (χ1v) is 11.1. The van der Waals surface area contributed by atoms with Crippen LogP contribution in [0.25, 0.3) is 0 Å². The Morgan fingerprint density at radius 1 is 0.750 bits per heavy atom. The predicted molar refractivity (Wildman–Crippen MR) is 112 cm³/mol. The summed E-state index contributed by atoms with van der Waals surface area (Å²) in [4.78, 5) is 5.15. The van der Waals surface area contributed by atoms with Crippen molar-refractivity contribution in [2.75, 3.05) is 13.1 Å². The van der Waals surface area contributed by atoms with E-state index in [0.717, 1.165) is 37.8 Å². The van der Waals surface area contributed by atoms with Crippen LogP contribution in [0.15, 0.2) is 12.1 Å². The zero-order valence-electron chi connectivity index (χ0n) is 18.1. The van der Waals surface area contributed by atoms with Gasteiger partial charge in [-0.25, -0.2) is 4.68 Å². The molecule has 0 aliphatic carbocycles. The summed E-state index contributed by atoms with van der Waals surface area (Å²) in [5.41, 5.74) is 2.47. The fourth-order valence-corrected chi connectivity index (χ4v) is 4.90. The van der Waals surface area contributed by atoms with Gasteiger partial charge in [-0.2, -0.15) is 0 Å². The Bertz CT molecular complexity index is 730. The Kier molecular flexibility index (Phi) is 5.88. The van der Waals surface area contributed by atoms with Gasteiger partial charge >= 0.3 is 0 Å². The summed E-state index contributed by atoms with van der Waals surface area (Å²) in [6.45, 7) is 13.1. The number of hydrogen-bond acceptors (Lipinski definition) is 4. The Hall–Kier alpha value is -1.66. The standard InChI is InChI=1S/C22H36N6/c1-17-9-5-7-13-25(17)15-21-23-24-22(16-26-14-8-6-10-18(26)2)28(21)27-19(3)11-12-20(27)4/h11-12,17-18H,5-10,13-16H2,1-4H3/t17-,18+. The maximum atomic E-state index is 4.70. The minimum Gasteiger partial charge on any atom is -0.293 e. The van der Waals surface area contributed by atoms with E-state index in [0.29, 0.717) is 12.1 Å². The average molecular weight is 385 g/mol. The molecule has 0 unspecified atom stereocenters. The van der Waals surface area contributed by atoms with Gasteiger partial charge in [-0.1, -0.05) is 12.8 Å². The third kappa shape index (κ3) is 3.90. The second-order valence-corrected chi connectivity index (χ2v) is 8.90. The van der Waals surface area contributed by atoms with Crippen molar-refractivity contribution in [1.29, 1.82) is 0 Å². The van der Waals surface area contributed by atoms with E-state index < -0.39 is 0 Å². The Morgan fingerprint density at radius 3 is 1.64 bits per heavy atom. The lowest BCUT2D eigenvalue weighted by molar-refractivity contribution is 0.141. The van der Waals surface area contributed by atoms with E-state index in [4.69, 9.17) is 10.2 Å². The topological polar surface area (TPSA) is 42.1 Å². The zero-order chi connectivity index (χ0) is 19.7. The molecule has 4 heterocycles. The van der Waals surface area contributed by atoms with Crippen LogP contribution >= 0.6 is 0 Å². The molecule has 6 heteroatoms.